The Kier molecular flexibility index (Phi) is 4.30. The average molecular weight is 345 g/mol. The lowest BCUT2D eigenvalue weighted by Crippen LogP contribution is -2.49. The summed E-state index contributed by atoms with van der Waals surface area (Å²) in [6, 6.07) is 4.75. The van der Waals surface area contributed by atoms with Gasteiger partial charge in [0, 0.05) is 23.2 Å². The van der Waals surface area contributed by atoms with Gasteiger partial charge < -0.3 is 5.11 Å². The Hall–Kier alpha value is -2.74. The van der Waals surface area contributed by atoms with Gasteiger partial charge in [-0.25, -0.2) is 28.4 Å². The second-order valence-electron chi connectivity index (χ2n) is 6.30. The van der Waals surface area contributed by atoms with Crippen molar-refractivity contribution < 1.29 is 13.9 Å². The molecule has 0 radical (unpaired) electrons. The molecule has 2 heterocycles. The number of rotatable bonds is 5. The number of aromatic nitrogens is 5. The van der Waals surface area contributed by atoms with E-state index in [1.54, 1.807) is 26.1 Å². The summed E-state index contributed by atoms with van der Waals surface area (Å²) in [6.07, 6.45) is 5.64. The van der Waals surface area contributed by atoms with E-state index in [2.05, 4.69) is 20.1 Å². The van der Waals surface area contributed by atoms with Crippen LogP contribution >= 0.6 is 0 Å². The monoisotopic (exact) mass is 345 g/mol. The zero-order valence-corrected chi connectivity index (χ0v) is 13.8. The maximum absolute atomic E-state index is 14.5. The molecule has 1 atom stereocenters. The molecule has 8 heteroatoms. The summed E-state index contributed by atoms with van der Waals surface area (Å²) in [5, 5.41) is 15.6. The molecule has 0 bridgehead atoms. The third-order valence-electron chi connectivity index (χ3n) is 4.49. The minimum Gasteiger partial charge on any atom is -0.382 e. The van der Waals surface area contributed by atoms with E-state index in [0.29, 0.717) is 5.69 Å². The first-order chi connectivity index (χ1) is 11.8. The summed E-state index contributed by atoms with van der Waals surface area (Å²) in [5.74, 6) is -1.56. The predicted octanol–water partition coefficient (Wildman–Crippen LogP) is 2.21. The Morgan fingerprint density at radius 1 is 1.12 bits per heavy atom. The van der Waals surface area contributed by atoms with E-state index < -0.39 is 22.7 Å². The van der Waals surface area contributed by atoms with Crippen LogP contribution in [0.4, 0.5) is 8.78 Å². The van der Waals surface area contributed by atoms with Crippen molar-refractivity contribution in [3.05, 3.63) is 72.3 Å². The Bertz CT molecular complexity index is 855. The van der Waals surface area contributed by atoms with Crippen molar-refractivity contribution in [3.8, 4) is 0 Å². The van der Waals surface area contributed by atoms with E-state index in [4.69, 9.17) is 0 Å². The molecule has 6 nitrogen and oxygen atoms in total. The van der Waals surface area contributed by atoms with Crippen molar-refractivity contribution in [3.63, 3.8) is 0 Å². The highest BCUT2D eigenvalue weighted by Gasteiger charge is 2.49. The van der Waals surface area contributed by atoms with E-state index in [9.17, 15) is 13.9 Å². The van der Waals surface area contributed by atoms with Gasteiger partial charge in [-0.3, -0.25) is 0 Å². The molecule has 1 aromatic carbocycles. The van der Waals surface area contributed by atoms with Crippen molar-refractivity contribution in [2.24, 2.45) is 0 Å². The summed E-state index contributed by atoms with van der Waals surface area (Å²) in [7, 11) is 0. The number of halogens is 2. The normalized spacial score (nSPS) is 14.3. The molecule has 0 aliphatic rings. The topological polar surface area (TPSA) is 76.7 Å². The van der Waals surface area contributed by atoms with Gasteiger partial charge in [0.25, 0.3) is 0 Å². The molecule has 1 N–H and O–H groups in total. The van der Waals surface area contributed by atoms with Crippen LogP contribution in [-0.4, -0.2) is 29.8 Å². The summed E-state index contributed by atoms with van der Waals surface area (Å²) in [5.41, 5.74) is -2.35. The molecule has 0 fully saturated rings. The van der Waals surface area contributed by atoms with Crippen molar-refractivity contribution in [2.75, 3.05) is 0 Å². The van der Waals surface area contributed by atoms with Crippen LogP contribution in [0.15, 0.2) is 49.4 Å². The minimum absolute atomic E-state index is 0.0481. The van der Waals surface area contributed by atoms with Gasteiger partial charge in [-0.05, 0) is 12.1 Å². The fraction of sp³-hybridized carbons (Fsp3) is 0.294. The molecule has 0 spiro atoms. The first kappa shape index (κ1) is 17.1. The fourth-order valence-electron chi connectivity index (χ4n) is 2.87. The highest BCUT2D eigenvalue weighted by Crippen LogP contribution is 2.43. The highest BCUT2D eigenvalue weighted by molar-refractivity contribution is 5.33. The Morgan fingerprint density at radius 2 is 1.92 bits per heavy atom. The molecule has 0 saturated carbocycles. The quantitative estimate of drug-likeness (QED) is 0.767. The molecule has 1 unspecified atom stereocenters. The number of aliphatic hydroxyl groups is 1. The summed E-state index contributed by atoms with van der Waals surface area (Å²) in [4.78, 5) is 11.9. The van der Waals surface area contributed by atoms with Crippen LogP contribution in [0.1, 0.15) is 25.1 Å². The summed E-state index contributed by atoms with van der Waals surface area (Å²) in [6.45, 7) is 3.37. The molecule has 25 heavy (non-hydrogen) atoms. The van der Waals surface area contributed by atoms with Crippen LogP contribution in [0.25, 0.3) is 0 Å². The van der Waals surface area contributed by atoms with Gasteiger partial charge in [-0.2, -0.15) is 5.10 Å². The molecule has 130 valence electrons. The second-order valence-corrected chi connectivity index (χ2v) is 6.30. The third kappa shape index (κ3) is 3.00. The van der Waals surface area contributed by atoms with E-state index in [-0.39, 0.29) is 12.1 Å². The molecule has 0 aliphatic heterocycles. The van der Waals surface area contributed by atoms with Crippen LogP contribution in [-0.2, 0) is 17.6 Å². The van der Waals surface area contributed by atoms with Gasteiger partial charge in [0.05, 0.1) is 12.2 Å². The van der Waals surface area contributed by atoms with Crippen LogP contribution in [0.2, 0.25) is 0 Å². The maximum atomic E-state index is 14.5. The zero-order chi connectivity index (χ0) is 18.1. The van der Waals surface area contributed by atoms with E-state index in [1.807, 2.05) is 0 Å². The van der Waals surface area contributed by atoms with E-state index >= 15 is 0 Å². The fourth-order valence-corrected chi connectivity index (χ4v) is 2.87. The van der Waals surface area contributed by atoms with Crippen molar-refractivity contribution in [2.45, 2.75) is 31.4 Å². The molecule has 0 aliphatic carbocycles. The standard InChI is InChI=1S/C17H17F2N5O/c1-16(2,15-5-6-20-9-22-15)17(25,8-24-11-21-10-23-24)13-4-3-12(18)7-14(13)19/h3-7,9-11,25H,8H2,1-2H3. The van der Waals surface area contributed by atoms with Crippen LogP contribution in [0.5, 0.6) is 0 Å². The molecule has 3 rings (SSSR count). The highest BCUT2D eigenvalue weighted by atomic mass is 19.1. The number of hydrogen-bond acceptors (Lipinski definition) is 5. The Labute approximate surface area is 143 Å². The van der Waals surface area contributed by atoms with Crippen LogP contribution in [0, 0.1) is 11.6 Å². The second kappa shape index (κ2) is 6.29. The summed E-state index contributed by atoms with van der Waals surface area (Å²) >= 11 is 0. The molecule has 0 saturated heterocycles. The van der Waals surface area contributed by atoms with Crippen LogP contribution in [0.3, 0.4) is 0 Å². The largest absolute Gasteiger partial charge is 0.382 e. The van der Waals surface area contributed by atoms with Gasteiger partial charge in [0.2, 0.25) is 0 Å². The first-order valence-corrected chi connectivity index (χ1v) is 7.61. The maximum Gasteiger partial charge on any atom is 0.137 e. The summed E-state index contributed by atoms with van der Waals surface area (Å²) < 4.78 is 29.3. The van der Waals surface area contributed by atoms with Gasteiger partial charge in [0.1, 0.15) is 36.2 Å². The molecular formula is C17H17F2N5O. The van der Waals surface area contributed by atoms with Gasteiger partial charge >= 0.3 is 0 Å². The first-order valence-electron chi connectivity index (χ1n) is 7.61. The number of hydrogen-bond donors (Lipinski definition) is 1. The number of nitrogens with zero attached hydrogens (tertiary/aromatic N) is 5. The minimum atomic E-state index is -1.77. The lowest BCUT2D eigenvalue weighted by atomic mass is 9.68. The molecule has 0 amide bonds. The smallest absolute Gasteiger partial charge is 0.137 e. The lowest BCUT2D eigenvalue weighted by Gasteiger charge is -2.42. The van der Waals surface area contributed by atoms with Crippen LogP contribution < -0.4 is 0 Å². The molecular weight excluding hydrogens is 328 g/mol. The van der Waals surface area contributed by atoms with Gasteiger partial charge in [0.15, 0.2) is 0 Å². The Balaban J connectivity index is 2.18. The zero-order valence-electron chi connectivity index (χ0n) is 13.8. The third-order valence-corrected chi connectivity index (χ3v) is 4.49. The molecule has 2 aromatic heterocycles. The molecule has 3 aromatic rings. The Morgan fingerprint density at radius 3 is 2.52 bits per heavy atom. The SMILES string of the molecule is CC(C)(c1ccncn1)C(O)(Cn1cncn1)c1ccc(F)cc1F. The van der Waals surface area contributed by atoms with Gasteiger partial charge in [-0.15, -0.1) is 0 Å². The predicted molar refractivity (Wildman–Crippen MR) is 85.3 cm³/mol. The van der Waals surface area contributed by atoms with E-state index in [0.717, 1.165) is 12.1 Å². The van der Waals surface area contributed by atoms with Gasteiger partial charge in [-0.1, -0.05) is 19.9 Å². The number of benzene rings is 1. The van der Waals surface area contributed by atoms with E-state index in [1.165, 1.54) is 29.7 Å². The lowest BCUT2D eigenvalue weighted by molar-refractivity contribution is -0.0543. The average Bonchev–Trinajstić information content (AvgIpc) is 3.08. The van der Waals surface area contributed by atoms with Crippen molar-refractivity contribution in [1.82, 2.24) is 24.7 Å². The van der Waals surface area contributed by atoms with Crippen molar-refractivity contribution >= 4 is 0 Å². The van der Waals surface area contributed by atoms with Crippen molar-refractivity contribution in [1.29, 1.82) is 0 Å².